The van der Waals surface area contributed by atoms with Crippen LogP contribution in [0.5, 0.6) is 0 Å². The molecule has 2 aliphatic rings. The van der Waals surface area contributed by atoms with Crippen LogP contribution >= 0.6 is 11.8 Å². The quantitative estimate of drug-likeness (QED) is 0.803. The maximum atomic E-state index is 12.1. The van der Waals surface area contributed by atoms with Crippen LogP contribution in [-0.4, -0.2) is 52.7 Å². The molecule has 1 saturated heterocycles. The summed E-state index contributed by atoms with van der Waals surface area (Å²) in [7, 11) is 0. The third-order valence-corrected chi connectivity index (χ3v) is 5.81. The van der Waals surface area contributed by atoms with Crippen molar-refractivity contribution >= 4 is 23.6 Å². The van der Waals surface area contributed by atoms with E-state index in [0.717, 1.165) is 68.2 Å². The van der Waals surface area contributed by atoms with Gasteiger partial charge in [0.05, 0.1) is 11.7 Å². The zero-order chi connectivity index (χ0) is 17.6. The molecule has 2 N–H and O–H groups in total. The fourth-order valence-corrected chi connectivity index (χ4v) is 4.00. The number of thioether (sulfide) groups is 1. The van der Waals surface area contributed by atoms with Gasteiger partial charge in [-0.15, -0.1) is 0 Å². The molecule has 0 saturated carbocycles. The zero-order valence-corrected chi connectivity index (χ0v) is 15.7. The molecule has 138 valence electrons. The molecule has 1 fully saturated rings. The molecular formula is C18H28N4O2S. The highest BCUT2D eigenvalue weighted by atomic mass is 32.2. The van der Waals surface area contributed by atoms with Crippen LogP contribution in [0, 0.1) is 5.92 Å². The Morgan fingerprint density at radius 2 is 2.20 bits per heavy atom. The number of piperidine rings is 1. The first-order chi connectivity index (χ1) is 12.2. The normalized spacial score (nSPS) is 21.0. The second-order valence-electron chi connectivity index (χ2n) is 6.94. The van der Waals surface area contributed by atoms with E-state index in [9.17, 15) is 9.90 Å². The SMILES string of the molecule is CSCCC(=O)NC1CCCc2nc(N3CCC(CO)CC3)ncc21. The highest BCUT2D eigenvalue weighted by molar-refractivity contribution is 7.98. The van der Waals surface area contributed by atoms with Gasteiger partial charge >= 0.3 is 0 Å². The molecule has 3 rings (SSSR count). The van der Waals surface area contributed by atoms with Crippen molar-refractivity contribution in [2.45, 2.75) is 44.6 Å². The monoisotopic (exact) mass is 364 g/mol. The number of rotatable bonds is 6. The van der Waals surface area contributed by atoms with Crippen molar-refractivity contribution in [3.63, 3.8) is 0 Å². The lowest BCUT2D eigenvalue weighted by Gasteiger charge is -2.32. The smallest absolute Gasteiger partial charge is 0.225 e. The predicted molar refractivity (Wildman–Crippen MR) is 101 cm³/mol. The molecule has 0 radical (unpaired) electrons. The van der Waals surface area contributed by atoms with Crippen LogP contribution in [0.4, 0.5) is 5.95 Å². The van der Waals surface area contributed by atoms with Crippen molar-refractivity contribution < 1.29 is 9.90 Å². The molecule has 1 atom stereocenters. The number of hydrogen-bond acceptors (Lipinski definition) is 6. The summed E-state index contributed by atoms with van der Waals surface area (Å²) in [4.78, 5) is 23.7. The van der Waals surface area contributed by atoms with E-state index in [0.29, 0.717) is 12.3 Å². The third kappa shape index (κ3) is 4.64. The average molecular weight is 365 g/mol. The molecule has 1 aromatic rings. The van der Waals surface area contributed by atoms with E-state index >= 15 is 0 Å². The molecule has 1 amide bonds. The van der Waals surface area contributed by atoms with Crippen LogP contribution < -0.4 is 10.2 Å². The summed E-state index contributed by atoms with van der Waals surface area (Å²) in [5.41, 5.74) is 2.16. The summed E-state index contributed by atoms with van der Waals surface area (Å²) in [6.45, 7) is 2.08. The molecule has 7 heteroatoms. The third-order valence-electron chi connectivity index (χ3n) is 5.19. The fraction of sp³-hybridized carbons (Fsp3) is 0.722. The van der Waals surface area contributed by atoms with Gasteiger partial charge in [-0.25, -0.2) is 9.97 Å². The van der Waals surface area contributed by atoms with Crippen molar-refractivity contribution in [1.29, 1.82) is 0 Å². The Labute approximate surface area is 153 Å². The number of amides is 1. The number of hydrogen-bond donors (Lipinski definition) is 2. The van der Waals surface area contributed by atoms with E-state index in [-0.39, 0.29) is 18.6 Å². The highest BCUT2D eigenvalue weighted by Crippen LogP contribution is 2.30. The van der Waals surface area contributed by atoms with Crippen molar-refractivity contribution in [1.82, 2.24) is 15.3 Å². The van der Waals surface area contributed by atoms with Gasteiger partial charge in [0.25, 0.3) is 0 Å². The standard InChI is InChI=1S/C18H28N4O2S/c1-25-10-7-17(24)20-15-3-2-4-16-14(15)11-19-18(21-16)22-8-5-13(12-23)6-9-22/h11,13,15,23H,2-10,12H2,1H3,(H,20,24). The molecular weight excluding hydrogens is 336 g/mol. The first kappa shape index (κ1) is 18.5. The van der Waals surface area contributed by atoms with Crippen molar-refractivity contribution in [3.8, 4) is 0 Å². The maximum Gasteiger partial charge on any atom is 0.225 e. The molecule has 1 aromatic heterocycles. The van der Waals surface area contributed by atoms with Gasteiger partial charge in [0.1, 0.15) is 0 Å². The number of aliphatic hydroxyl groups excluding tert-OH is 1. The van der Waals surface area contributed by atoms with E-state index in [1.54, 1.807) is 11.8 Å². The second kappa shape index (κ2) is 8.85. The molecule has 1 aliphatic heterocycles. The lowest BCUT2D eigenvalue weighted by molar-refractivity contribution is -0.121. The number of anilines is 1. The lowest BCUT2D eigenvalue weighted by atomic mass is 9.92. The van der Waals surface area contributed by atoms with Crippen LogP contribution in [0.25, 0.3) is 0 Å². The number of carbonyl (C=O) groups is 1. The number of nitrogens with one attached hydrogen (secondary N) is 1. The summed E-state index contributed by atoms with van der Waals surface area (Å²) in [6, 6.07) is 0.0484. The number of fused-ring (bicyclic) bond motifs is 1. The number of nitrogens with zero attached hydrogens (tertiary/aromatic N) is 3. The summed E-state index contributed by atoms with van der Waals surface area (Å²) in [5.74, 6) is 2.17. The molecule has 6 nitrogen and oxygen atoms in total. The van der Waals surface area contributed by atoms with Crippen molar-refractivity contribution in [2.24, 2.45) is 5.92 Å². The Morgan fingerprint density at radius 3 is 2.92 bits per heavy atom. The Morgan fingerprint density at radius 1 is 1.40 bits per heavy atom. The van der Waals surface area contributed by atoms with Crippen molar-refractivity contribution in [2.75, 3.05) is 36.6 Å². The number of aromatic nitrogens is 2. The number of aryl methyl sites for hydroxylation is 1. The Balaban J connectivity index is 1.66. The largest absolute Gasteiger partial charge is 0.396 e. The molecule has 2 heterocycles. The molecule has 1 aliphatic carbocycles. The molecule has 0 bridgehead atoms. The highest BCUT2D eigenvalue weighted by Gasteiger charge is 2.26. The summed E-state index contributed by atoms with van der Waals surface area (Å²) in [5, 5.41) is 12.4. The molecule has 1 unspecified atom stereocenters. The minimum Gasteiger partial charge on any atom is -0.396 e. The zero-order valence-electron chi connectivity index (χ0n) is 14.9. The number of aliphatic hydroxyl groups is 1. The lowest BCUT2D eigenvalue weighted by Crippen LogP contribution is -2.36. The Hall–Kier alpha value is -1.34. The van der Waals surface area contributed by atoms with Gasteiger partial charge in [0.15, 0.2) is 0 Å². The summed E-state index contributed by atoms with van der Waals surface area (Å²) >= 11 is 1.69. The van der Waals surface area contributed by atoms with Crippen LogP contribution in [-0.2, 0) is 11.2 Å². The second-order valence-corrected chi connectivity index (χ2v) is 7.93. The first-order valence-corrected chi connectivity index (χ1v) is 10.6. The molecule has 25 heavy (non-hydrogen) atoms. The van der Waals surface area contributed by atoms with Gasteiger partial charge in [-0.2, -0.15) is 11.8 Å². The minimum absolute atomic E-state index is 0.0484. The Kier molecular flexibility index (Phi) is 6.53. The maximum absolute atomic E-state index is 12.1. The van der Waals surface area contributed by atoms with Crippen LogP contribution in [0.3, 0.4) is 0 Å². The van der Waals surface area contributed by atoms with E-state index in [1.807, 2.05) is 12.5 Å². The van der Waals surface area contributed by atoms with Gasteiger partial charge in [0.2, 0.25) is 11.9 Å². The van der Waals surface area contributed by atoms with Gasteiger partial charge in [-0.05, 0) is 44.3 Å². The summed E-state index contributed by atoms with van der Waals surface area (Å²) in [6.07, 6.45) is 9.43. The van der Waals surface area contributed by atoms with E-state index < -0.39 is 0 Å². The van der Waals surface area contributed by atoms with Gasteiger partial charge in [-0.3, -0.25) is 4.79 Å². The van der Waals surface area contributed by atoms with Crippen LogP contribution in [0.15, 0.2) is 6.20 Å². The van der Waals surface area contributed by atoms with E-state index in [2.05, 4.69) is 15.2 Å². The van der Waals surface area contributed by atoms with E-state index in [4.69, 9.17) is 4.98 Å². The molecule has 0 spiro atoms. The van der Waals surface area contributed by atoms with Gasteiger partial charge in [0, 0.05) is 43.6 Å². The summed E-state index contributed by atoms with van der Waals surface area (Å²) < 4.78 is 0. The van der Waals surface area contributed by atoms with Crippen molar-refractivity contribution in [3.05, 3.63) is 17.5 Å². The first-order valence-electron chi connectivity index (χ1n) is 9.21. The minimum atomic E-state index is 0.0484. The topological polar surface area (TPSA) is 78.4 Å². The van der Waals surface area contributed by atoms with Gasteiger partial charge in [-0.1, -0.05) is 0 Å². The predicted octanol–water partition coefficient (Wildman–Crippen LogP) is 1.93. The number of carbonyl (C=O) groups excluding carboxylic acids is 1. The average Bonchev–Trinajstić information content (AvgIpc) is 2.66. The fourth-order valence-electron chi connectivity index (χ4n) is 3.62. The van der Waals surface area contributed by atoms with Crippen LogP contribution in [0.2, 0.25) is 0 Å². The Bertz CT molecular complexity index is 590. The van der Waals surface area contributed by atoms with E-state index in [1.165, 1.54) is 0 Å². The molecule has 0 aromatic carbocycles. The van der Waals surface area contributed by atoms with Crippen LogP contribution in [0.1, 0.15) is 49.4 Å². The van der Waals surface area contributed by atoms with Gasteiger partial charge < -0.3 is 15.3 Å².